The fourth-order valence-corrected chi connectivity index (χ4v) is 5.11. The lowest BCUT2D eigenvalue weighted by atomic mass is 9.84. The lowest BCUT2D eigenvalue weighted by Gasteiger charge is -2.27. The molecule has 40 heavy (non-hydrogen) atoms. The van der Waals surface area contributed by atoms with Gasteiger partial charge in [-0.2, -0.15) is 0 Å². The van der Waals surface area contributed by atoms with Gasteiger partial charge in [0.2, 0.25) is 0 Å². The van der Waals surface area contributed by atoms with E-state index in [2.05, 4.69) is 0 Å². The monoisotopic (exact) mass is 543 g/mol. The van der Waals surface area contributed by atoms with Gasteiger partial charge in [-0.1, -0.05) is 32.9 Å². The molecular weight excluding hydrogens is 510 g/mol. The van der Waals surface area contributed by atoms with Crippen LogP contribution in [0, 0.1) is 0 Å². The van der Waals surface area contributed by atoms with Crippen LogP contribution in [0.5, 0.6) is 23.0 Å². The van der Waals surface area contributed by atoms with Crippen LogP contribution in [-0.2, 0) is 15.0 Å². The molecule has 1 saturated heterocycles. The van der Waals surface area contributed by atoms with Crippen LogP contribution >= 0.6 is 0 Å². The first-order chi connectivity index (χ1) is 19.1. The van der Waals surface area contributed by atoms with Gasteiger partial charge in [0.25, 0.3) is 11.7 Å². The number of fused-ring (bicyclic) bond motifs is 1. The molecule has 3 aromatic rings. The number of methoxy groups -OCH3 is 1. The predicted octanol–water partition coefficient (Wildman–Crippen LogP) is 5.79. The van der Waals surface area contributed by atoms with E-state index in [-0.39, 0.29) is 16.7 Å². The second-order valence-electron chi connectivity index (χ2n) is 10.7. The molecule has 1 atom stereocenters. The molecule has 8 nitrogen and oxygen atoms in total. The summed E-state index contributed by atoms with van der Waals surface area (Å²) in [5.41, 5.74) is 2.03. The quantitative estimate of drug-likeness (QED) is 0.239. The van der Waals surface area contributed by atoms with E-state index in [1.54, 1.807) is 61.7 Å². The SMILES string of the molecule is CCOc1ccc(/C(O)=C2\C(=O)C(=O)N(c3ccc4c(c3)OCCO4)C2c2cccc(OC)c2)cc1C(C)(C)C. The van der Waals surface area contributed by atoms with Crippen LogP contribution in [0.4, 0.5) is 5.69 Å². The zero-order chi connectivity index (χ0) is 28.6. The van der Waals surface area contributed by atoms with E-state index < -0.39 is 17.7 Å². The molecule has 0 aliphatic carbocycles. The molecular formula is C32H33NO7. The van der Waals surface area contributed by atoms with Crippen molar-refractivity contribution in [3.63, 3.8) is 0 Å². The number of amides is 1. The molecule has 0 aromatic heterocycles. The third-order valence-corrected chi connectivity index (χ3v) is 7.02. The number of anilines is 1. The minimum Gasteiger partial charge on any atom is -0.507 e. The van der Waals surface area contributed by atoms with Crippen molar-refractivity contribution < 1.29 is 33.6 Å². The molecule has 0 bridgehead atoms. The molecule has 1 amide bonds. The third-order valence-electron chi connectivity index (χ3n) is 7.02. The number of aliphatic hydroxyl groups excluding tert-OH is 1. The third kappa shape index (κ3) is 4.85. The molecule has 1 N–H and O–H groups in total. The Morgan fingerprint density at radius 2 is 1.75 bits per heavy atom. The van der Waals surface area contributed by atoms with E-state index in [0.29, 0.717) is 59.6 Å². The van der Waals surface area contributed by atoms with Gasteiger partial charge in [-0.3, -0.25) is 14.5 Å². The second kappa shape index (κ2) is 10.6. The Morgan fingerprint density at radius 1 is 1.00 bits per heavy atom. The number of Topliss-reactive ketones (excluding diaryl/α,β-unsaturated/α-hetero) is 1. The minimum absolute atomic E-state index is 0.0165. The number of hydrogen-bond acceptors (Lipinski definition) is 7. The smallest absolute Gasteiger partial charge is 0.300 e. The van der Waals surface area contributed by atoms with Gasteiger partial charge in [0.15, 0.2) is 11.5 Å². The van der Waals surface area contributed by atoms with Gasteiger partial charge in [0.1, 0.15) is 30.5 Å². The van der Waals surface area contributed by atoms with Crippen molar-refractivity contribution in [1.29, 1.82) is 0 Å². The van der Waals surface area contributed by atoms with Gasteiger partial charge in [-0.15, -0.1) is 0 Å². The van der Waals surface area contributed by atoms with Crippen LogP contribution in [0.15, 0.2) is 66.2 Å². The molecule has 2 aliphatic rings. The fourth-order valence-electron chi connectivity index (χ4n) is 5.11. The molecule has 1 fully saturated rings. The van der Waals surface area contributed by atoms with E-state index in [0.717, 1.165) is 5.56 Å². The lowest BCUT2D eigenvalue weighted by molar-refractivity contribution is -0.132. The second-order valence-corrected chi connectivity index (χ2v) is 10.7. The minimum atomic E-state index is -0.915. The molecule has 2 aliphatic heterocycles. The number of carbonyl (C=O) groups excluding carboxylic acids is 2. The van der Waals surface area contributed by atoms with Crippen LogP contribution in [0.1, 0.15) is 50.4 Å². The number of ketones is 1. The van der Waals surface area contributed by atoms with E-state index in [4.69, 9.17) is 18.9 Å². The van der Waals surface area contributed by atoms with Gasteiger partial charge in [0, 0.05) is 22.9 Å². The van der Waals surface area contributed by atoms with E-state index in [1.165, 1.54) is 4.90 Å². The molecule has 8 heteroatoms. The summed E-state index contributed by atoms with van der Waals surface area (Å²) in [7, 11) is 1.55. The largest absolute Gasteiger partial charge is 0.507 e. The predicted molar refractivity (Wildman–Crippen MR) is 152 cm³/mol. The van der Waals surface area contributed by atoms with Crippen LogP contribution < -0.4 is 23.8 Å². The molecule has 3 aromatic carbocycles. The van der Waals surface area contributed by atoms with Crippen molar-refractivity contribution >= 4 is 23.1 Å². The standard InChI is InChI=1S/C32H33NO7/c1-6-38-24-12-10-20(17-23(24)32(2,3)4)29(34)27-28(19-8-7-9-22(16-19)37-5)33(31(36)30(27)35)21-11-13-25-26(18-21)40-15-14-39-25/h7-13,16-18,28,34H,6,14-15H2,1-5H3/b29-27+. The van der Waals surface area contributed by atoms with E-state index in [1.807, 2.05) is 33.8 Å². The highest BCUT2D eigenvalue weighted by Crippen LogP contribution is 2.45. The summed E-state index contributed by atoms with van der Waals surface area (Å²) in [6, 6.07) is 16.6. The summed E-state index contributed by atoms with van der Waals surface area (Å²) in [4.78, 5) is 28.7. The maximum Gasteiger partial charge on any atom is 0.300 e. The van der Waals surface area contributed by atoms with E-state index in [9.17, 15) is 14.7 Å². The van der Waals surface area contributed by atoms with Crippen molar-refractivity contribution in [2.45, 2.75) is 39.2 Å². The molecule has 5 rings (SSSR count). The molecule has 1 unspecified atom stereocenters. The number of nitrogens with zero attached hydrogens (tertiary/aromatic N) is 1. The summed E-state index contributed by atoms with van der Waals surface area (Å²) in [5, 5.41) is 11.7. The first-order valence-electron chi connectivity index (χ1n) is 13.3. The number of benzene rings is 3. The Labute approximate surface area is 233 Å². The molecule has 0 radical (unpaired) electrons. The van der Waals surface area contributed by atoms with Gasteiger partial charge >= 0.3 is 0 Å². The Hall–Kier alpha value is -4.46. The van der Waals surface area contributed by atoms with Crippen molar-refractivity contribution in [1.82, 2.24) is 0 Å². The molecule has 0 saturated carbocycles. The average molecular weight is 544 g/mol. The van der Waals surface area contributed by atoms with Crippen LogP contribution in [0.25, 0.3) is 5.76 Å². The topological polar surface area (TPSA) is 94.5 Å². The summed E-state index contributed by atoms with van der Waals surface area (Å²) in [6.45, 7) is 9.35. The molecule has 208 valence electrons. The summed E-state index contributed by atoms with van der Waals surface area (Å²) in [6.07, 6.45) is 0. The van der Waals surface area contributed by atoms with Crippen molar-refractivity contribution in [3.8, 4) is 23.0 Å². The Morgan fingerprint density at radius 3 is 2.45 bits per heavy atom. The average Bonchev–Trinajstić information content (AvgIpc) is 3.22. The van der Waals surface area contributed by atoms with Crippen LogP contribution in [-0.4, -0.2) is 43.7 Å². The highest BCUT2D eigenvalue weighted by atomic mass is 16.6. The zero-order valence-electron chi connectivity index (χ0n) is 23.3. The van der Waals surface area contributed by atoms with Gasteiger partial charge in [-0.25, -0.2) is 0 Å². The summed E-state index contributed by atoms with van der Waals surface area (Å²) >= 11 is 0. The van der Waals surface area contributed by atoms with Gasteiger partial charge in [0.05, 0.1) is 25.3 Å². The Balaban J connectivity index is 1.71. The maximum absolute atomic E-state index is 13.7. The first-order valence-corrected chi connectivity index (χ1v) is 13.3. The van der Waals surface area contributed by atoms with Crippen molar-refractivity contribution in [2.75, 3.05) is 31.8 Å². The molecule has 0 spiro atoms. The number of hydrogen-bond donors (Lipinski definition) is 1. The van der Waals surface area contributed by atoms with E-state index >= 15 is 0 Å². The summed E-state index contributed by atoms with van der Waals surface area (Å²) < 4.78 is 22.7. The Bertz CT molecular complexity index is 1500. The van der Waals surface area contributed by atoms with Crippen molar-refractivity contribution in [3.05, 3.63) is 82.9 Å². The lowest BCUT2D eigenvalue weighted by Crippen LogP contribution is -2.29. The van der Waals surface area contributed by atoms with Crippen molar-refractivity contribution in [2.24, 2.45) is 0 Å². The zero-order valence-corrected chi connectivity index (χ0v) is 23.3. The van der Waals surface area contributed by atoms with Crippen LogP contribution in [0.3, 0.4) is 0 Å². The highest BCUT2D eigenvalue weighted by Gasteiger charge is 2.47. The number of carbonyl (C=O) groups is 2. The normalized spacial score (nSPS) is 18.1. The fraction of sp³-hybridized carbons (Fsp3) is 0.312. The highest BCUT2D eigenvalue weighted by molar-refractivity contribution is 6.51. The first kappa shape index (κ1) is 27.1. The maximum atomic E-state index is 13.7. The van der Waals surface area contributed by atoms with Crippen LogP contribution in [0.2, 0.25) is 0 Å². The van der Waals surface area contributed by atoms with Gasteiger partial charge in [-0.05, 0) is 60.4 Å². The molecule has 2 heterocycles. The number of ether oxygens (including phenoxy) is 4. The Kier molecular flexibility index (Phi) is 7.19. The number of aliphatic hydroxyl groups is 1. The van der Waals surface area contributed by atoms with Gasteiger partial charge < -0.3 is 24.1 Å². The summed E-state index contributed by atoms with van der Waals surface area (Å²) in [5.74, 6) is 0.498. The number of rotatable bonds is 6.